The van der Waals surface area contributed by atoms with Gasteiger partial charge in [-0.3, -0.25) is 9.97 Å². The molecular weight excluding hydrogens is 534 g/mol. The second-order valence-electron chi connectivity index (χ2n) is 11.6. The average Bonchev–Trinajstić information content (AvgIpc) is 3.32. The third-order valence-electron chi connectivity index (χ3n) is 7.22. The maximum atomic E-state index is 11.3. The van der Waals surface area contributed by atoms with Crippen LogP contribution in [0.5, 0.6) is 0 Å². The normalized spacial score (nSPS) is 15.7. The van der Waals surface area contributed by atoms with Gasteiger partial charge in [-0.1, -0.05) is 32.3 Å². The Kier molecular flexibility index (Phi) is 8.46. The number of nitrogens with zero attached hydrogens (tertiary/aromatic N) is 6. The van der Waals surface area contributed by atoms with Crippen molar-refractivity contribution >= 4 is 37.0 Å². The Bertz CT molecular complexity index is 1530. The van der Waals surface area contributed by atoms with Gasteiger partial charge in [0.1, 0.15) is 18.2 Å². The zero-order chi connectivity index (χ0) is 29.0. The molecule has 0 saturated carbocycles. The molecule has 0 aromatic carbocycles. The predicted octanol–water partition coefficient (Wildman–Crippen LogP) is 5.75. The van der Waals surface area contributed by atoms with Crippen molar-refractivity contribution in [1.29, 1.82) is 0 Å². The first-order chi connectivity index (χ1) is 19.7. The second kappa shape index (κ2) is 12.2. The van der Waals surface area contributed by atoms with E-state index in [9.17, 15) is 9.90 Å². The van der Waals surface area contributed by atoms with Gasteiger partial charge in [-0.15, -0.1) is 0 Å². The summed E-state index contributed by atoms with van der Waals surface area (Å²) >= 11 is 0. The number of carbonyl (C=O) groups is 1. The van der Waals surface area contributed by atoms with E-state index in [1.165, 1.54) is 0 Å². The minimum absolute atomic E-state index is 0.161. The molecule has 10 nitrogen and oxygen atoms in total. The van der Waals surface area contributed by atoms with Crippen molar-refractivity contribution in [3.05, 3.63) is 61.1 Å². The van der Waals surface area contributed by atoms with E-state index in [2.05, 4.69) is 41.4 Å². The van der Waals surface area contributed by atoms with Crippen molar-refractivity contribution in [3.63, 3.8) is 0 Å². The molecule has 1 aliphatic heterocycles. The van der Waals surface area contributed by atoms with Gasteiger partial charge in [0, 0.05) is 62.7 Å². The zero-order valence-corrected chi connectivity index (χ0v) is 24.9. The molecule has 1 fully saturated rings. The van der Waals surface area contributed by atoms with Gasteiger partial charge in [0.25, 0.3) is 0 Å². The molecule has 1 atom stereocenters. The lowest BCUT2D eigenvalue weighted by Crippen LogP contribution is -2.47. The van der Waals surface area contributed by atoms with E-state index in [0.29, 0.717) is 25.6 Å². The predicted molar refractivity (Wildman–Crippen MR) is 165 cm³/mol. The molecule has 2 N–H and O–H groups in total. The van der Waals surface area contributed by atoms with Crippen LogP contribution in [0.3, 0.4) is 0 Å². The molecule has 5 rings (SSSR count). The van der Waals surface area contributed by atoms with Crippen LogP contribution < -0.4 is 10.2 Å². The number of hydrogen-bond acceptors (Lipinski definition) is 7. The van der Waals surface area contributed by atoms with Crippen LogP contribution >= 0.6 is 0 Å². The number of carboxylic acid groups (broad SMARTS) is 1. The third kappa shape index (κ3) is 6.80. The molecule has 4 aromatic rings. The Morgan fingerprint density at radius 1 is 1.24 bits per heavy atom. The number of rotatable bonds is 10. The molecular formula is C30H37N7O3Si. The minimum Gasteiger partial charge on any atom is -0.465 e. The lowest BCUT2D eigenvalue weighted by atomic mass is 10.0. The average molecular weight is 572 g/mol. The fraction of sp³-hybridized carbons (Fsp3) is 0.367. The molecule has 1 saturated heterocycles. The van der Waals surface area contributed by atoms with Crippen LogP contribution in [0, 0.1) is 0 Å². The Balaban J connectivity index is 1.54. The molecule has 5 heterocycles. The van der Waals surface area contributed by atoms with Gasteiger partial charge >= 0.3 is 6.09 Å². The Morgan fingerprint density at radius 2 is 2.10 bits per heavy atom. The van der Waals surface area contributed by atoms with E-state index in [-0.39, 0.29) is 6.04 Å². The van der Waals surface area contributed by atoms with E-state index in [1.54, 1.807) is 18.5 Å². The monoisotopic (exact) mass is 571 g/mol. The molecule has 0 bridgehead atoms. The highest BCUT2D eigenvalue weighted by Gasteiger charge is 2.25. The van der Waals surface area contributed by atoms with E-state index >= 15 is 0 Å². The summed E-state index contributed by atoms with van der Waals surface area (Å²) in [5, 5.41) is 17.8. The summed E-state index contributed by atoms with van der Waals surface area (Å²) in [5.74, 6) is 0.769. The van der Waals surface area contributed by atoms with Crippen molar-refractivity contribution in [1.82, 2.24) is 30.0 Å². The number of pyridine rings is 3. The van der Waals surface area contributed by atoms with Crippen molar-refractivity contribution < 1.29 is 14.6 Å². The second-order valence-corrected chi connectivity index (χ2v) is 17.2. The number of fused-ring (bicyclic) bond motifs is 1. The highest BCUT2D eigenvalue weighted by molar-refractivity contribution is 6.76. The van der Waals surface area contributed by atoms with Crippen molar-refractivity contribution in [2.24, 2.45) is 0 Å². The van der Waals surface area contributed by atoms with Crippen LogP contribution in [0.2, 0.25) is 25.7 Å². The topological polar surface area (TPSA) is 118 Å². The molecule has 4 aromatic heterocycles. The van der Waals surface area contributed by atoms with E-state index < -0.39 is 14.2 Å². The molecule has 11 heteroatoms. The SMILES string of the molecule is C=Cc1ccc(-c2nn(COCC[Si](C)(C)C)c3cnc(-c4cccnc4)cc23)nc1N1CCCC(NC(=O)O)C1. The minimum atomic E-state index is -1.22. The maximum absolute atomic E-state index is 11.3. The zero-order valence-electron chi connectivity index (χ0n) is 23.9. The Labute approximate surface area is 241 Å². The summed E-state index contributed by atoms with van der Waals surface area (Å²) in [6.07, 6.45) is 7.81. The van der Waals surface area contributed by atoms with Crippen LogP contribution in [0.4, 0.5) is 10.6 Å². The molecule has 1 amide bonds. The van der Waals surface area contributed by atoms with Gasteiger partial charge in [-0.25, -0.2) is 14.5 Å². The number of aromatic nitrogens is 5. The first-order valence-electron chi connectivity index (χ1n) is 13.9. The standard InChI is InChI=1S/C30H37N7O3Si/c1-5-21-10-11-25(34-29(21)36-13-7-9-23(19-36)33-30(38)39)28-24-16-26(22-8-6-12-31-17-22)32-18-27(24)37(35-28)20-40-14-15-41(2,3)4/h5-6,8,10-12,16-18,23,33H,1,7,9,13-15,19-20H2,2-4H3,(H,38,39). The number of amides is 1. The molecule has 0 spiro atoms. The van der Waals surface area contributed by atoms with Crippen LogP contribution in [0.1, 0.15) is 18.4 Å². The summed E-state index contributed by atoms with van der Waals surface area (Å²) in [5.41, 5.74) is 4.91. The summed E-state index contributed by atoms with van der Waals surface area (Å²) in [4.78, 5) is 27.5. The summed E-state index contributed by atoms with van der Waals surface area (Å²) < 4.78 is 7.92. The first-order valence-corrected chi connectivity index (χ1v) is 17.7. The molecule has 0 radical (unpaired) electrons. The highest BCUT2D eigenvalue weighted by atomic mass is 28.3. The number of ether oxygens (including phenoxy) is 1. The third-order valence-corrected chi connectivity index (χ3v) is 8.92. The van der Waals surface area contributed by atoms with Crippen molar-refractivity contribution in [2.45, 2.75) is 51.3 Å². The van der Waals surface area contributed by atoms with E-state index in [0.717, 1.165) is 64.7 Å². The fourth-order valence-corrected chi connectivity index (χ4v) is 5.78. The number of hydrogen-bond donors (Lipinski definition) is 2. The first kappa shape index (κ1) is 28.4. The molecule has 1 unspecified atom stereocenters. The van der Waals surface area contributed by atoms with Gasteiger partial charge in [-0.2, -0.15) is 5.10 Å². The van der Waals surface area contributed by atoms with Crippen molar-refractivity contribution in [2.75, 3.05) is 24.6 Å². The van der Waals surface area contributed by atoms with Gasteiger partial charge in [0.05, 0.1) is 23.1 Å². The van der Waals surface area contributed by atoms with Gasteiger partial charge < -0.3 is 20.1 Å². The Hall–Kier alpha value is -4.09. The maximum Gasteiger partial charge on any atom is 0.404 e. The van der Waals surface area contributed by atoms with Crippen LogP contribution in [0.15, 0.2) is 55.5 Å². The van der Waals surface area contributed by atoms with Crippen LogP contribution in [0.25, 0.3) is 39.6 Å². The summed E-state index contributed by atoms with van der Waals surface area (Å²) in [6.45, 7) is 13.3. The van der Waals surface area contributed by atoms with Crippen molar-refractivity contribution in [3.8, 4) is 22.6 Å². The van der Waals surface area contributed by atoms with Gasteiger partial charge in [-0.05, 0) is 49.2 Å². The largest absolute Gasteiger partial charge is 0.465 e. The molecule has 1 aliphatic rings. The molecule has 0 aliphatic carbocycles. The van der Waals surface area contributed by atoms with E-state index in [4.69, 9.17) is 19.8 Å². The number of piperidine rings is 1. The quantitative estimate of drug-likeness (QED) is 0.183. The number of anilines is 1. The molecule has 214 valence electrons. The lowest BCUT2D eigenvalue weighted by molar-refractivity contribution is 0.0818. The fourth-order valence-electron chi connectivity index (χ4n) is 5.03. The van der Waals surface area contributed by atoms with Gasteiger partial charge in [0.15, 0.2) is 0 Å². The van der Waals surface area contributed by atoms with Crippen LogP contribution in [-0.4, -0.2) is 69.7 Å². The number of nitrogens with one attached hydrogen (secondary N) is 1. The van der Waals surface area contributed by atoms with E-state index in [1.807, 2.05) is 41.2 Å². The van der Waals surface area contributed by atoms with Crippen LogP contribution in [-0.2, 0) is 11.5 Å². The highest BCUT2D eigenvalue weighted by Crippen LogP contribution is 2.33. The lowest BCUT2D eigenvalue weighted by Gasteiger charge is -2.34. The summed E-state index contributed by atoms with van der Waals surface area (Å²) in [7, 11) is -1.22. The smallest absolute Gasteiger partial charge is 0.404 e. The summed E-state index contributed by atoms with van der Waals surface area (Å²) in [6, 6.07) is 10.8. The Morgan fingerprint density at radius 3 is 2.83 bits per heavy atom. The molecule has 41 heavy (non-hydrogen) atoms. The van der Waals surface area contributed by atoms with Gasteiger partial charge in [0.2, 0.25) is 0 Å².